The number of rotatable bonds is 3. The van der Waals surface area contributed by atoms with Crippen molar-refractivity contribution in [2.75, 3.05) is 13.6 Å². The Labute approximate surface area is 84.3 Å². The molecular formula is C12H16N2. The Morgan fingerprint density at radius 2 is 2.21 bits per heavy atom. The number of hydrogen-bond donors (Lipinski definition) is 2. The van der Waals surface area contributed by atoms with Crippen LogP contribution in [0.4, 0.5) is 0 Å². The first-order chi connectivity index (χ1) is 6.81. The van der Waals surface area contributed by atoms with Crippen molar-refractivity contribution < 1.29 is 0 Å². The molecule has 2 aromatic rings. The summed E-state index contributed by atoms with van der Waals surface area (Å²) in [6, 6.07) is 6.53. The predicted octanol–water partition coefficient (Wildman–Crippen LogP) is 2.24. The van der Waals surface area contributed by atoms with Gasteiger partial charge in [-0.05, 0) is 44.6 Å². The van der Waals surface area contributed by atoms with E-state index in [1.54, 1.807) is 0 Å². The number of aromatic nitrogens is 1. The molecule has 0 spiro atoms. The third-order valence-electron chi connectivity index (χ3n) is 2.57. The van der Waals surface area contributed by atoms with Gasteiger partial charge in [-0.15, -0.1) is 0 Å². The van der Waals surface area contributed by atoms with Gasteiger partial charge in [0, 0.05) is 17.1 Å². The van der Waals surface area contributed by atoms with E-state index in [1.807, 2.05) is 7.05 Å². The molecule has 0 saturated heterocycles. The molecule has 0 bridgehead atoms. The van der Waals surface area contributed by atoms with Gasteiger partial charge in [0.2, 0.25) is 0 Å². The molecule has 0 fully saturated rings. The van der Waals surface area contributed by atoms with Gasteiger partial charge >= 0.3 is 0 Å². The quantitative estimate of drug-likeness (QED) is 0.759. The van der Waals surface area contributed by atoms with Crippen molar-refractivity contribution in [3.05, 3.63) is 35.5 Å². The van der Waals surface area contributed by atoms with E-state index < -0.39 is 0 Å². The highest BCUT2D eigenvalue weighted by atomic mass is 14.8. The number of aromatic amines is 1. The second-order valence-corrected chi connectivity index (χ2v) is 3.72. The average molecular weight is 188 g/mol. The lowest BCUT2D eigenvalue weighted by Gasteiger charge is -1.99. The predicted molar refractivity (Wildman–Crippen MR) is 60.7 cm³/mol. The first-order valence-electron chi connectivity index (χ1n) is 5.02. The SMILES string of the molecule is CNCCc1c[nH]c2ccc(C)cc12. The molecule has 2 nitrogen and oxygen atoms in total. The monoisotopic (exact) mass is 188 g/mol. The first kappa shape index (κ1) is 9.28. The van der Waals surface area contributed by atoms with Gasteiger partial charge in [0.15, 0.2) is 0 Å². The molecule has 1 aromatic heterocycles. The lowest BCUT2D eigenvalue weighted by molar-refractivity contribution is 0.795. The van der Waals surface area contributed by atoms with Gasteiger partial charge in [0.25, 0.3) is 0 Å². The third-order valence-corrected chi connectivity index (χ3v) is 2.57. The Morgan fingerprint density at radius 1 is 1.36 bits per heavy atom. The fourth-order valence-corrected chi connectivity index (χ4v) is 1.76. The van der Waals surface area contributed by atoms with E-state index in [0.29, 0.717) is 0 Å². The van der Waals surface area contributed by atoms with Crippen molar-refractivity contribution in [2.45, 2.75) is 13.3 Å². The maximum atomic E-state index is 3.30. The number of aryl methyl sites for hydroxylation is 1. The molecule has 2 N–H and O–H groups in total. The summed E-state index contributed by atoms with van der Waals surface area (Å²) in [7, 11) is 1.99. The van der Waals surface area contributed by atoms with Crippen molar-refractivity contribution in [3.63, 3.8) is 0 Å². The van der Waals surface area contributed by atoms with Crippen LogP contribution in [0, 0.1) is 6.92 Å². The average Bonchev–Trinajstić information content (AvgIpc) is 2.57. The van der Waals surface area contributed by atoms with Crippen molar-refractivity contribution in [2.24, 2.45) is 0 Å². The molecule has 2 heteroatoms. The van der Waals surface area contributed by atoms with Crippen LogP contribution in [-0.2, 0) is 6.42 Å². The second kappa shape index (κ2) is 3.84. The van der Waals surface area contributed by atoms with Gasteiger partial charge < -0.3 is 10.3 Å². The summed E-state index contributed by atoms with van der Waals surface area (Å²) in [6.45, 7) is 3.16. The van der Waals surface area contributed by atoms with Crippen LogP contribution < -0.4 is 5.32 Å². The highest BCUT2D eigenvalue weighted by Crippen LogP contribution is 2.19. The van der Waals surface area contributed by atoms with E-state index in [-0.39, 0.29) is 0 Å². The first-order valence-corrected chi connectivity index (χ1v) is 5.02. The standard InChI is InChI=1S/C12H16N2/c1-9-3-4-12-11(7-9)10(8-14-12)5-6-13-2/h3-4,7-8,13-14H,5-6H2,1-2H3. The molecule has 2 rings (SSSR count). The van der Waals surface area contributed by atoms with Crippen molar-refractivity contribution in [1.29, 1.82) is 0 Å². The zero-order valence-corrected chi connectivity index (χ0v) is 8.72. The summed E-state index contributed by atoms with van der Waals surface area (Å²) < 4.78 is 0. The smallest absolute Gasteiger partial charge is 0.0456 e. The number of H-pyrrole nitrogens is 1. The minimum atomic E-state index is 1.03. The maximum Gasteiger partial charge on any atom is 0.0456 e. The number of likely N-dealkylation sites (N-methyl/N-ethyl adjacent to an activating group) is 1. The summed E-state index contributed by atoms with van der Waals surface area (Å²) >= 11 is 0. The van der Waals surface area contributed by atoms with E-state index in [9.17, 15) is 0 Å². The van der Waals surface area contributed by atoms with Gasteiger partial charge in [-0.1, -0.05) is 11.6 Å². The Hall–Kier alpha value is -1.28. The highest BCUT2D eigenvalue weighted by Gasteiger charge is 2.02. The molecule has 0 aliphatic rings. The topological polar surface area (TPSA) is 27.8 Å². The summed E-state index contributed by atoms with van der Waals surface area (Å²) in [5.74, 6) is 0. The normalized spacial score (nSPS) is 11.0. The number of hydrogen-bond acceptors (Lipinski definition) is 1. The molecule has 1 heterocycles. The van der Waals surface area contributed by atoms with Gasteiger partial charge in [-0.3, -0.25) is 0 Å². The fourth-order valence-electron chi connectivity index (χ4n) is 1.76. The summed E-state index contributed by atoms with van der Waals surface area (Å²) in [4.78, 5) is 3.30. The van der Waals surface area contributed by atoms with E-state index in [4.69, 9.17) is 0 Å². The van der Waals surface area contributed by atoms with Crippen LogP contribution >= 0.6 is 0 Å². The Kier molecular flexibility index (Phi) is 2.55. The molecule has 0 saturated carbocycles. The van der Waals surface area contributed by atoms with Gasteiger partial charge in [-0.25, -0.2) is 0 Å². The lowest BCUT2D eigenvalue weighted by Crippen LogP contribution is -2.09. The van der Waals surface area contributed by atoms with E-state index in [1.165, 1.54) is 22.0 Å². The van der Waals surface area contributed by atoms with Crippen molar-refractivity contribution >= 4 is 10.9 Å². The van der Waals surface area contributed by atoms with E-state index in [0.717, 1.165) is 13.0 Å². The van der Waals surface area contributed by atoms with Gasteiger partial charge in [0.1, 0.15) is 0 Å². The minimum absolute atomic E-state index is 1.03. The molecule has 0 unspecified atom stereocenters. The number of nitrogens with one attached hydrogen (secondary N) is 2. The number of benzene rings is 1. The van der Waals surface area contributed by atoms with Crippen molar-refractivity contribution in [1.82, 2.24) is 10.3 Å². The largest absolute Gasteiger partial charge is 0.361 e. The van der Waals surface area contributed by atoms with Gasteiger partial charge in [0.05, 0.1) is 0 Å². The van der Waals surface area contributed by atoms with Crippen molar-refractivity contribution in [3.8, 4) is 0 Å². The number of fused-ring (bicyclic) bond motifs is 1. The fraction of sp³-hybridized carbons (Fsp3) is 0.333. The van der Waals surface area contributed by atoms with Crippen LogP contribution in [0.5, 0.6) is 0 Å². The summed E-state index contributed by atoms with van der Waals surface area (Å²) in [5.41, 5.74) is 3.96. The molecule has 0 aliphatic heterocycles. The lowest BCUT2D eigenvalue weighted by atomic mass is 10.1. The second-order valence-electron chi connectivity index (χ2n) is 3.72. The molecule has 74 valence electrons. The molecule has 0 amide bonds. The zero-order chi connectivity index (χ0) is 9.97. The molecule has 14 heavy (non-hydrogen) atoms. The maximum absolute atomic E-state index is 3.30. The molecule has 0 atom stereocenters. The van der Waals surface area contributed by atoms with E-state index >= 15 is 0 Å². The summed E-state index contributed by atoms with van der Waals surface area (Å²) in [5, 5.41) is 4.53. The van der Waals surface area contributed by atoms with Crippen LogP contribution in [0.2, 0.25) is 0 Å². The molecular weight excluding hydrogens is 172 g/mol. The van der Waals surface area contributed by atoms with Crippen LogP contribution in [0.1, 0.15) is 11.1 Å². The van der Waals surface area contributed by atoms with Crippen LogP contribution in [0.25, 0.3) is 10.9 Å². The van der Waals surface area contributed by atoms with Crippen LogP contribution in [0.3, 0.4) is 0 Å². The van der Waals surface area contributed by atoms with Crippen LogP contribution in [-0.4, -0.2) is 18.6 Å². The van der Waals surface area contributed by atoms with Gasteiger partial charge in [-0.2, -0.15) is 0 Å². The summed E-state index contributed by atoms with van der Waals surface area (Å²) in [6.07, 6.45) is 3.20. The minimum Gasteiger partial charge on any atom is -0.361 e. The molecule has 1 aromatic carbocycles. The highest BCUT2D eigenvalue weighted by molar-refractivity contribution is 5.83. The Morgan fingerprint density at radius 3 is 3.00 bits per heavy atom. The Balaban J connectivity index is 2.40. The zero-order valence-electron chi connectivity index (χ0n) is 8.72. The molecule has 0 radical (unpaired) electrons. The molecule has 0 aliphatic carbocycles. The third kappa shape index (κ3) is 1.66. The Bertz CT molecular complexity index is 429. The van der Waals surface area contributed by atoms with E-state index in [2.05, 4.69) is 41.6 Å². The van der Waals surface area contributed by atoms with Crippen LogP contribution in [0.15, 0.2) is 24.4 Å².